The summed E-state index contributed by atoms with van der Waals surface area (Å²) in [5, 5.41) is 11.6. The first-order valence-electron chi connectivity index (χ1n) is 13.0. The molecule has 6 rings (SSSR count). The van der Waals surface area contributed by atoms with Gasteiger partial charge in [-0.05, 0) is 49.2 Å². The van der Waals surface area contributed by atoms with Crippen molar-refractivity contribution in [3.63, 3.8) is 0 Å². The van der Waals surface area contributed by atoms with Gasteiger partial charge in [-0.15, -0.1) is 0 Å². The molecule has 0 amide bonds. The molecular formula is C28H25F3N9O2P. The van der Waals surface area contributed by atoms with Crippen LogP contribution in [0.5, 0.6) is 5.75 Å². The molecule has 0 spiro atoms. The summed E-state index contributed by atoms with van der Waals surface area (Å²) >= 11 is 0. The second-order valence-electron chi connectivity index (χ2n) is 10.1. The van der Waals surface area contributed by atoms with Gasteiger partial charge in [0.05, 0.1) is 33.8 Å². The maximum absolute atomic E-state index is 13.4. The maximum Gasteiger partial charge on any atom is 0.422 e. The lowest BCUT2D eigenvalue weighted by Crippen LogP contribution is -2.19. The predicted molar refractivity (Wildman–Crippen MR) is 159 cm³/mol. The summed E-state index contributed by atoms with van der Waals surface area (Å²) in [7, 11) is -1.09. The smallest absolute Gasteiger partial charge is 0.422 e. The van der Waals surface area contributed by atoms with Crippen LogP contribution >= 0.6 is 7.14 Å². The fourth-order valence-electron chi connectivity index (χ4n) is 4.67. The third-order valence-corrected chi connectivity index (χ3v) is 8.01. The number of aromatic amines is 1. The molecule has 6 aromatic rings. The number of benzene rings is 2. The van der Waals surface area contributed by atoms with Crippen LogP contribution in [0.2, 0.25) is 0 Å². The van der Waals surface area contributed by atoms with Gasteiger partial charge in [0, 0.05) is 37.4 Å². The zero-order valence-electron chi connectivity index (χ0n) is 23.1. The van der Waals surface area contributed by atoms with Gasteiger partial charge < -0.3 is 24.9 Å². The monoisotopic (exact) mass is 607 g/mol. The van der Waals surface area contributed by atoms with Crippen LogP contribution in [0.15, 0.2) is 67.4 Å². The Kier molecular flexibility index (Phi) is 7.01. The zero-order valence-corrected chi connectivity index (χ0v) is 24.0. The Morgan fingerprint density at radius 1 is 1.00 bits per heavy atom. The molecule has 3 N–H and O–H groups in total. The van der Waals surface area contributed by atoms with Crippen molar-refractivity contribution in [2.45, 2.75) is 6.18 Å². The minimum absolute atomic E-state index is 0.0389. The Morgan fingerprint density at radius 3 is 2.56 bits per heavy atom. The fraction of sp³-hybridized carbons (Fsp3) is 0.179. The highest BCUT2D eigenvalue weighted by Crippen LogP contribution is 2.41. The number of nitrogens with one attached hydrogen (secondary N) is 3. The van der Waals surface area contributed by atoms with Crippen LogP contribution in [0.1, 0.15) is 0 Å². The number of halogens is 3. The largest absolute Gasteiger partial charge is 0.482 e. The van der Waals surface area contributed by atoms with E-state index in [-0.39, 0.29) is 17.4 Å². The molecule has 0 aliphatic carbocycles. The predicted octanol–water partition coefficient (Wildman–Crippen LogP) is 5.98. The van der Waals surface area contributed by atoms with Crippen molar-refractivity contribution in [2.75, 3.05) is 30.6 Å². The molecule has 0 unspecified atom stereocenters. The lowest BCUT2D eigenvalue weighted by atomic mass is 10.1. The van der Waals surface area contributed by atoms with E-state index in [4.69, 9.17) is 4.74 Å². The van der Waals surface area contributed by atoms with Gasteiger partial charge in [-0.1, -0.05) is 6.07 Å². The van der Waals surface area contributed by atoms with Crippen LogP contribution < -0.4 is 20.7 Å². The summed E-state index contributed by atoms with van der Waals surface area (Å²) in [4.78, 5) is 21.0. The van der Waals surface area contributed by atoms with Gasteiger partial charge in [-0.2, -0.15) is 28.2 Å². The minimum Gasteiger partial charge on any atom is -0.482 e. The molecule has 4 heterocycles. The van der Waals surface area contributed by atoms with Crippen molar-refractivity contribution in [3.05, 3.63) is 67.4 Å². The van der Waals surface area contributed by atoms with Crippen molar-refractivity contribution in [1.82, 2.24) is 34.7 Å². The lowest BCUT2D eigenvalue weighted by molar-refractivity contribution is -0.153. The van der Waals surface area contributed by atoms with Crippen LogP contribution in [0.3, 0.4) is 0 Å². The number of ether oxygens (including phenoxy) is 1. The van der Waals surface area contributed by atoms with E-state index in [9.17, 15) is 17.7 Å². The number of fused-ring (bicyclic) bond motifs is 2. The van der Waals surface area contributed by atoms with Crippen LogP contribution in [0, 0.1) is 0 Å². The highest BCUT2D eigenvalue weighted by molar-refractivity contribution is 7.71. The number of alkyl halides is 3. The molecule has 15 heteroatoms. The van der Waals surface area contributed by atoms with Gasteiger partial charge in [0.25, 0.3) is 0 Å². The molecule has 0 fully saturated rings. The first-order chi connectivity index (χ1) is 20.4. The third kappa shape index (κ3) is 6.00. The number of aryl methyl sites for hydroxylation is 1. The number of nitrogens with zero attached hydrogens (tertiary/aromatic N) is 6. The number of rotatable bonds is 8. The van der Waals surface area contributed by atoms with Crippen molar-refractivity contribution < 1.29 is 22.5 Å². The lowest BCUT2D eigenvalue weighted by Gasteiger charge is -2.18. The van der Waals surface area contributed by atoms with E-state index in [0.29, 0.717) is 44.4 Å². The van der Waals surface area contributed by atoms with Crippen LogP contribution in [-0.4, -0.2) is 60.8 Å². The second-order valence-corrected chi connectivity index (χ2v) is 13.3. The van der Waals surface area contributed by atoms with Gasteiger partial charge in [0.2, 0.25) is 5.95 Å². The van der Waals surface area contributed by atoms with Gasteiger partial charge in [-0.25, -0.2) is 0 Å². The number of hydrogen-bond donors (Lipinski definition) is 3. The van der Waals surface area contributed by atoms with Crippen molar-refractivity contribution in [2.24, 2.45) is 7.05 Å². The number of anilines is 4. The number of hydrogen-bond acceptors (Lipinski definition) is 9. The van der Waals surface area contributed by atoms with E-state index in [1.165, 1.54) is 6.07 Å². The molecular weight excluding hydrogens is 582 g/mol. The summed E-state index contributed by atoms with van der Waals surface area (Å²) in [5.74, 6) is 0.409. The van der Waals surface area contributed by atoms with Crippen LogP contribution in [-0.2, 0) is 11.6 Å². The van der Waals surface area contributed by atoms with E-state index in [0.717, 1.165) is 5.56 Å². The number of H-pyrrole nitrogens is 1. The third-order valence-electron chi connectivity index (χ3n) is 6.48. The average Bonchev–Trinajstić information content (AvgIpc) is 3.60. The summed E-state index contributed by atoms with van der Waals surface area (Å²) in [6.07, 6.45) is 3.69. The molecule has 2 aromatic carbocycles. The Bertz CT molecular complexity index is 2020. The minimum atomic E-state index is -4.53. The van der Waals surface area contributed by atoms with Gasteiger partial charge in [-0.3, -0.25) is 14.6 Å². The Balaban J connectivity index is 1.42. The van der Waals surface area contributed by atoms with E-state index >= 15 is 0 Å². The molecule has 0 saturated carbocycles. The molecule has 0 atom stereocenters. The molecule has 43 heavy (non-hydrogen) atoms. The molecule has 11 nitrogen and oxygen atoms in total. The summed E-state index contributed by atoms with van der Waals surface area (Å²) in [6, 6.07) is 10.1. The standard InChI is InChI=1S/C28H25F3N9O2P/c1-40-14-17(13-35-40)16-4-7-22(42-15-28(29,30)31)21(12-16)37-27-38-25-18(8-9-34-25)26(39-27)36-20-6-5-19-23(33-11-10-32-19)24(20)43(2,3)41/h4-14H,15H2,1-3H3,(H3,34,36,37,38,39). The molecule has 4 aromatic heterocycles. The number of aromatic nitrogens is 7. The molecule has 220 valence electrons. The molecule has 0 aliphatic rings. The summed E-state index contributed by atoms with van der Waals surface area (Å²) in [6.45, 7) is 1.83. The van der Waals surface area contributed by atoms with Gasteiger partial charge >= 0.3 is 6.18 Å². The van der Waals surface area contributed by atoms with Crippen molar-refractivity contribution in [3.8, 4) is 16.9 Å². The Labute approximate surface area is 242 Å². The van der Waals surface area contributed by atoms with Gasteiger partial charge in [0.1, 0.15) is 29.9 Å². The topological polar surface area (TPSA) is 136 Å². The maximum atomic E-state index is 13.4. The van der Waals surface area contributed by atoms with E-state index in [2.05, 4.69) is 40.7 Å². The molecule has 0 bridgehead atoms. The van der Waals surface area contributed by atoms with Gasteiger partial charge in [0.15, 0.2) is 6.61 Å². The van der Waals surface area contributed by atoms with E-state index in [1.54, 1.807) is 86.4 Å². The fourth-order valence-corrected chi connectivity index (χ4v) is 6.06. The summed E-state index contributed by atoms with van der Waals surface area (Å²) < 4.78 is 59.3. The Morgan fingerprint density at radius 2 is 1.81 bits per heavy atom. The quantitative estimate of drug-likeness (QED) is 0.179. The molecule has 0 radical (unpaired) electrons. The summed E-state index contributed by atoms with van der Waals surface area (Å²) in [5.41, 5.74) is 3.77. The zero-order chi connectivity index (χ0) is 30.4. The van der Waals surface area contributed by atoms with Crippen molar-refractivity contribution >= 4 is 57.7 Å². The average molecular weight is 608 g/mol. The molecule has 0 aliphatic heterocycles. The van der Waals surface area contributed by atoms with E-state index in [1.807, 2.05) is 0 Å². The highest BCUT2D eigenvalue weighted by Gasteiger charge is 2.29. The highest BCUT2D eigenvalue weighted by atomic mass is 31.2. The first kappa shape index (κ1) is 28.2. The first-order valence-corrected chi connectivity index (χ1v) is 15.6. The Hall–Kier alpha value is -4.97. The molecule has 0 saturated heterocycles. The van der Waals surface area contributed by atoms with Crippen LogP contribution in [0.25, 0.3) is 33.2 Å². The normalized spacial score (nSPS) is 12.1. The van der Waals surface area contributed by atoms with E-state index < -0.39 is 19.9 Å². The second kappa shape index (κ2) is 10.7. The van der Waals surface area contributed by atoms with Crippen molar-refractivity contribution in [1.29, 1.82) is 0 Å². The van der Waals surface area contributed by atoms with Crippen LogP contribution in [0.4, 0.5) is 36.3 Å². The SMILES string of the molecule is Cn1cc(-c2ccc(OCC(F)(F)F)c(Nc3nc(Nc4ccc5nccnc5c4P(C)(C)=O)c4cc[nH]c4n3)c2)cn1.